The molecule has 0 radical (unpaired) electrons. The monoisotopic (exact) mass is 426 g/mol. The predicted molar refractivity (Wildman–Crippen MR) is 117 cm³/mol. The van der Waals surface area contributed by atoms with Crippen molar-refractivity contribution in [2.75, 3.05) is 6.61 Å². The van der Waals surface area contributed by atoms with Gasteiger partial charge < -0.3 is 4.74 Å². The second kappa shape index (κ2) is 9.26. The number of hydrogen-bond acceptors (Lipinski definition) is 5. The molecule has 2 atom stereocenters. The number of nitrogens with zero attached hydrogens (tertiary/aromatic N) is 1. The Balaban J connectivity index is 1.98. The molecule has 1 N–H and O–H groups in total. The van der Waals surface area contributed by atoms with Crippen LogP contribution in [0.4, 0.5) is 0 Å². The summed E-state index contributed by atoms with van der Waals surface area (Å²) in [5.74, 6) is -1.29. The Morgan fingerprint density at radius 3 is 2.40 bits per heavy atom. The van der Waals surface area contributed by atoms with Gasteiger partial charge in [-0.25, -0.2) is 0 Å². The quantitative estimate of drug-likeness (QED) is 0.560. The fourth-order valence-corrected chi connectivity index (χ4v) is 4.41. The number of carbonyl (C=O) groups is 1. The molecule has 0 amide bonds. The Morgan fingerprint density at radius 1 is 1.10 bits per heavy atom. The van der Waals surface area contributed by atoms with E-state index in [0.29, 0.717) is 12.1 Å². The van der Waals surface area contributed by atoms with E-state index in [1.807, 2.05) is 44.2 Å². The summed E-state index contributed by atoms with van der Waals surface area (Å²) in [5, 5.41) is 4.17. The van der Waals surface area contributed by atoms with Gasteiger partial charge >= 0.3 is 5.97 Å². The van der Waals surface area contributed by atoms with E-state index in [1.54, 1.807) is 25.1 Å². The number of esters is 1. The number of benzene rings is 2. The van der Waals surface area contributed by atoms with Crippen molar-refractivity contribution in [3.8, 4) is 0 Å². The third-order valence-corrected chi connectivity index (χ3v) is 6.28. The van der Waals surface area contributed by atoms with Gasteiger partial charge in [-0.15, -0.1) is 0 Å². The van der Waals surface area contributed by atoms with Crippen LogP contribution in [0.25, 0.3) is 0 Å². The molecule has 0 aliphatic heterocycles. The van der Waals surface area contributed by atoms with Crippen LogP contribution < -0.4 is 4.83 Å². The van der Waals surface area contributed by atoms with Crippen molar-refractivity contribution in [2.24, 2.45) is 11.0 Å². The van der Waals surface area contributed by atoms with Gasteiger partial charge in [0.05, 0.1) is 17.2 Å². The van der Waals surface area contributed by atoms with Gasteiger partial charge in [0.2, 0.25) is 0 Å². The molecule has 3 rings (SSSR count). The van der Waals surface area contributed by atoms with Crippen molar-refractivity contribution in [1.29, 1.82) is 0 Å². The molecule has 0 heterocycles. The molecule has 30 heavy (non-hydrogen) atoms. The van der Waals surface area contributed by atoms with E-state index in [1.165, 1.54) is 12.1 Å². The molecule has 2 unspecified atom stereocenters. The summed E-state index contributed by atoms with van der Waals surface area (Å²) in [6.07, 6.45) is 2.43. The molecule has 0 fully saturated rings. The minimum atomic E-state index is -3.86. The van der Waals surface area contributed by atoms with Crippen molar-refractivity contribution in [3.63, 3.8) is 0 Å². The minimum Gasteiger partial charge on any atom is -0.465 e. The molecular weight excluding hydrogens is 400 g/mol. The lowest BCUT2D eigenvalue weighted by molar-refractivity contribution is -0.146. The summed E-state index contributed by atoms with van der Waals surface area (Å²) in [6, 6.07) is 16.2. The molecule has 158 valence electrons. The number of hydrogen-bond donors (Lipinski definition) is 1. The van der Waals surface area contributed by atoms with Gasteiger partial charge in [0.1, 0.15) is 5.92 Å². The van der Waals surface area contributed by atoms with Gasteiger partial charge in [0, 0.05) is 5.92 Å². The zero-order valence-electron chi connectivity index (χ0n) is 17.3. The van der Waals surface area contributed by atoms with Crippen molar-refractivity contribution in [3.05, 3.63) is 77.4 Å². The highest BCUT2D eigenvalue weighted by Gasteiger charge is 2.37. The summed E-state index contributed by atoms with van der Waals surface area (Å²) in [6.45, 7) is 5.81. The summed E-state index contributed by atoms with van der Waals surface area (Å²) < 4.78 is 30.6. The molecular formula is C23H26N2O4S. The predicted octanol–water partition coefficient (Wildman–Crippen LogP) is 3.94. The number of aryl methyl sites for hydroxylation is 1. The van der Waals surface area contributed by atoms with E-state index in [0.717, 1.165) is 16.7 Å². The molecule has 0 spiro atoms. The van der Waals surface area contributed by atoms with Gasteiger partial charge in [0.15, 0.2) is 0 Å². The van der Waals surface area contributed by atoms with E-state index in [9.17, 15) is 13.2 Å². The number of hydrazone groups is 1. The molecule has 1 aliphatic carbocycles. The lowest BCUT2D eigenvalue weighted by Crippen LogP contribution is -2.35. The summed E-state index contributed by atoms with van der Waals surface area (Å²) in [4.78, 5) is 15.2. The highest BCUT2D eigenvalue weighted by molar-refractivity contribution is 7.89. The Labute approximate surface area is 177 Å². The van der Waals surface area contributed by atoms with Crippen LogP contribution in [-0.4, -0.2) is 26.7 Å². The number of allylic oxidation sites excluding steroid dienone is 2. The first-order valence-electron chi connectivity index (χ1n) is 9.86. The van der Waals surface area contributed by atoms with Crippen LogP contribution in [0, 0.1) is 12.8 Å². The van der Waals surface area contributed by atoms with Crippen molar-refractivity contribution >= 4 is 21.7 Å². The van der Waals surface area contributed by atoms with Crippen LogP contribution in [0.5, 0.6) is 0 Å². The fourth-order valence-electron chi connectivity index (χ4n) is 3.58. The zero-order valence-corrected chi connectivity index (χ0v) is 18.1. The summed E-state index contributed by atoms with van der Waals surface area (Å²) in [5.41, 5.74) is 3.30. The molecule has 0 saturated heterocycles. The van der Waals surface area contributed by atoms with E-state index >= 15 is 0 Å². The van der Waals surface area contributed by atoms with Crippen LogP contribution >= 0.6 is 0 Å². The Bertz CT molecular complexity index is 1060. The molecule has 1 aliphatic rings. The summed E-state index contributed by atoms with van der Waals surface area (Å²) in [7, 11) is -3.86. The minimum absolute atomic E-state index is 0.112. The van der Waals surface area contributed by atoms with E-state index in [-0.39, 0.29) is 17.4 Å². The van der Waals surface area contributed by atoms with Crippen LogP contribution in [0.1, 0.15) is 37.3 Å². The molecule has 6 nitrogen and oxygen atoms in total. The third-order valence-electron chi connectivity index (χ3n) is 5.05. The Hall–Kier alpha value is -2.93. The topological polar surface area (TPSA) is 84.8 Å². The molecule has 2 aromatic carbocycles. The first-order valence-corrected chi connectivity index (χ1v) is 11.3. The van der Waals surface area contributed by atoms with E-state index in [2.05, 4.69) is 9.93 Å². The molecule has 7 heteroatoms. The Kier molecular flexibility index (Phi) is 6.72. The second-order valence-corrected chi connectivity index (χ2v) is 9.05. The van der Waals surface area contributed by atoms with Gasteiger partial charge in [0.25, 0.3) is 10.0 Å². The maximum Gasteiger partial charge on any atom is 0.315 e. The molecule has 2 aromatic rings. The lowest BCUT2D eigenvalue weighted by atomic mass is 9.75. The van der Waals surface area contributed by atoms with Gasteiger partial charge in [-0.05, 0) is 51.0 Å². The first kappa shape index (κ1) is 21.8. The maximum atomic E-state index is 12.8. The highest BCUT2D eigenvalue weighted by atomic mass is 32.2. The SMILES string of the molecule is CCOC(=O)C1C(=NNS(=O)(=O)c2ccc(C)cc2)C=C(C)CC1c1ccccc1. The number of ether oxygens (including phenoxy) is 1. The van der Waals surface area contributed by atoms with E-state index in [4.69, 9.17) is 4.74 Å². The van der Waals surface area contributed by atoms with Gasteiger partial charge in [-0.2, -0.15) is 18.4 Å². The van der Waals surface area contributed by atoms with Crippen LogP contribution in [0.3, 0.4) is 0 Å². The van der Waals surface area contributed by atoms with Crippen molar-refractivity contribution < 1.29 is 17.9 Å². The van der Waals surface area contributed by atoms with Crippen molar-refractivity contribution in [2.45, 2.75) is 38.0 Å². The van der Waals surface area contributed by atoms with Crippen molar-refractivity contribution in [1.82, 2.24) is 4.83 Å². The zero-order chi connectivity index (χ0) is 21.7. The van der Waals surface area contributed by atoms with Crippen LogP contribution in [0.2, 0.25) is 0 Å². The Morgan fingerprint density at radius 2 is 1.77 bits per heavy atom. The molecule has 0 aromatic heterocycles. The number of carbonyl (C=O) groups excluding carboxylic acids is 1. The fraction of sp³-hybridized carbons (Fsp3) is 0.304. The molecule has 0 saturated carbocycles. The first-order chi connectivity index (χ1) is 14.3. The largest absolute Gasteiger partial charge is 0.465 e. The van der Waals surface area contributed by atoms with Crippen LogP contribution in [0.15, 0.2) is 76.2 Å². The van der Waals surface area contributed by atoms with E-state index < -0.39 is 21.9 Å². The standard InChI is InChI=1S/C23H26N2O4S/c1-4-29-23(26)22-20(18-8-6-5-7-9-18)14-17(3)15-21(22)24-25-30(27,28)19-12-10-16(2)11-13-19/h5-13,15,20,22,25H,4,14H2,1-3H3. The average Bonchev–Trinajstić information content (AvgIpc) is 2.73. The number of sulfonamides is 1. The summed E-state index contributed by atoms with van der Waals surface area (Å²) >= 11 is 0. The lowest BCUT2D eigenvalue weighted by Gasteiger charge is -2.30. The second-order valence-electron chi connectivity index (χ2n) is 7.39. The van der Waals surface area contributed by atoms with Gasteiger partial charge in [-0.3, -0.25) is 4.79 Å². The highest BCUT2D eigenvalue weighted by Crippen LogP contribution is 2.37. The number of rotatable bonds is 6. The molecule has 0 bridgehead atoms. The maximum absolute atomic E-state index is 12.8. The third kappa shape index (κ3) is 4.97. The normalized spacial score (nSPS) is 20.5. The van der Waals surface area contributed by atoms with Gasteiger partial charge in [-0.1, -0.05) is 53.6 Å². The van der Waals surface area contributed by atoms with Crippen LogP contribution in [-0.2, 0) is 19.6 Å². The number of nitrogens with one attached hydrogen (secondary N) is 1. The average molecular weight is 427 g/mol. The smallest absolute Gasteiger partial charge is 0.315 e.